The number of halogens is 2. The van der Waals surface area contributed by atoms with Gasteiger partial charge in [0.2, 0.25) is 0 Å². The molecule has 1 heterocycles. The quantitative estimate of drug-likeness (QED) is 0.473. The van der Waals surface area contributed by atoms with Crippen LogP contribution in [0.25, 0.3) is 11.4 Å². The summed E-state index contributed by atoms with van der Waals surface area (Å²) in [6.07, 6.45) is 0. The van der Waals surface area contributed by atoms with Gasteiger partial charge in [0.05, 0.1) is 22.6 Å². The predicted molar refractivity (Wildman–Crippen MR) is 92.7 cm³/mol. The minimum atomic E-state index is -3.06. The molecule has 0 bridgehead atoms. The Hall–Kier alpha value is -3.89. The van der Waals surface area contributed by atoms with E-state index in [2.05, 4.69) is 25.2 Å². The first-order valence-electron chi connectivity index (χ1n) is 7.93. The van der Waals surface area contributed by atoms with E-state index in [9.17, 15) is 23.7 Å². The molecule has 11 heteroatoms. The summed E-state index contributed by atoms with van der Waals surface area (Å²) in [5.74, 6) is -0.592. The van der Waals surface area contributed by atoms with Crippen molar-refractivity contribution in [3.05, 3.63) is 70.0 Å². The van der Waals surface area contributed by atoms with E-state index in [4.69, 9.17) is 0 Å². The third-order valence-corrected chi connectivity index (χ3v) is 3.64. The zero-order valence-corrected chi connectivity index (χ0v) is 14.1. The molecule has 1 amide bonds. The number of amides is 1. The van der Waals surface area contributed by atoms with E-state index in [0.717, 1.165) is 0 Å². The molecule has 0 radical (unpaired) electrons. The molecule has 0 unspecified atom stereocenters. The molecule has 0 aliphatic heterocycles. The molecule has 0 saturated heterocycles. The molecule has 144 valence electrons. The molecular formula is C17H13F2N5O4. The van der Waals surface area contributed by atoms with Gasteiger partial charge in [0.1, 0.15) is 5.75 Å². The Morgan fingerprint density at radius 2 is 1.93 bits per heavy atom. The fourth-order valence-electron chi connectivity index (χ4n) is 2.44. The van der Waals surface area contributed by atoms with Gasteiger partial charge >= 0.3 is 6.61 Å². The summed E-state index contributed by atoms with van der Waals surface area (Å²) in [6.45, 7) is -3.19. The molecule has 2 aromatic carbocycles. The van der Waals surface area contributed by atoms with Crippen molar-refractivity contribution in [3.8, 4) is 17.1 Å². The number of nitro groups is 1. The Labute approximate surface area is 156 Å². The lowest BCUT2D eigenvalue weighted by atomic mass is 10.2. The third kappa shape index (κ3) is 4.26. The number of aromatic amines is 1. The first-order valence-corrected chi connectivity index (χ1v) is 7.93. The van der Waals surface area contributed by atoms with Crippen LogP contribution < -0.4 is 10.1 Å². The zero-order valence-electron chi connectivity index (χ0n) is 14.1. The van der Waals surface area contributed by atoms with Crippen molar-refractivity contribution < 1.29 is 23.2 Å². The smallest absolute Gasteiger partial charge is 0.387 e. The normalized spacial score (nSPS) is 10.7. The number of benzene rings is 2. The van der Waals surface area contributed by atoms with Crippen LogP contribution in [-0.2, 0) is 6.54 Å². The topological polar surface area (TPSA) is 123 Å². The molecule has 0 fully saturated rings. The highest BCUT2D eigenvalue weighted by molar-refractivity contribution is 5.96. The number of para-hydroxylation sites is 2. The Morgan fingerprint density at radius 1 is 1.21 bits per heavy atom. The fourth-order valence-corrected chi connectivity index (χ4v) is 2.44. The van der Waals surface area contributed by atoms with E-state index in [1.54, 1.807) is 6.07 Å². The average molecular weight is 389 g/mol. The number of carbonyl (C=O) groups is 1. The van der Waals surface area contributed by atoms with Crippen LogP contribution in [0.1, 0.15) is 16.2 Å². The summed E-state index contributed by atoms with van der Waals surface area (Å²) in [6, 6.07) is 11.5. The van der Waals surface area contributed by atoms with Gasteiger partial charge in [0.25, 0.3) is 11.6 Å². The van der Waals surface area contributed by atoms with E-state index >= 15 is 0 Å². The molecule has 2 N–H and O–H groups in total. The summed E-state index contributed by atoms with van der Waals surface area (Å²) in [4.78, 5) is 26.9. The van der Waals surface area contributed by atoms with Crippen LogP contribution >= 0.6 is 0 Å². The number of hydrogen-bond donors (Lipinski definition) is 2. The van der Waals surface area contributed by atoms with Gasteiger partial charge in [-0.1, -0.05) is 24.3 Å². The molecule has 0 atom stereocenters. The van der Waals surface area contributed by atoms with Crippen LogP contribution in [0.15, 0.2) is 48.5 Å². The van der Waals surface area contributed by atoms with Gasteiger partial charge in [-0.3, -0.25) is 20.0 Å². The standard InChI is InChI=1S/C17H13F2N5O4/c18-17(19)28-13-8-4-2-6-11(13)16(25)20-9-14-21-15(23-22-14)10-5-1-3-7-12(10)24(26)27/h1-8,17H,9H2,(H,20,25)(H,21,22,23). The maximum atomic E-state index is 12.4. The molecule has 3 rings (SSSR count). The summed E-state index contributed by atoms with van der Waals surface area (Å²) in [7, 11) is 0. The van der Waals surface area contributed by atoms with Gasteiger partial charge < -0.3 is 10.1 Å². The van der Waals surface area contributed by atoms with Gasteiger partial charge in [-0.15, -0.1) is 0 Å². The second-order valence-corrected chi connectivity index (χ2v) is 5.43. The first-order chi connectivity index (χ1) is 13.5. The van der Waals surface area contributed by atoms with Crippen LogP contribution in [0.4, 0.5) is 14.5 Å². The number of aromatic nitrogens is 3. The van der Waals surface area contributed by atoms with Crippen molar-refractivity contribution in [1.82, 2.24) is 20.5 Å². The van der Waals surface area contributed by atoms with Crippen molar-refractivity contribution >= 4 is 11.6 Å². The number of rotatable bonds is 7. The molecule has 9 nitrogen and oxygen atoms in total. The average Bonchev–Trinajstić information content (AvgIpc) is 3.15. The fraction of sp³-hybridized carbons (Fsp3) is 0.118. The molecule has 0 spiro atoms. The highest BCUT2D eigenvalue weighted by Gasteiger charge is 2.19. The Kier molecular flexibility index (Phi) is 5.53. The lowest BCUT2D eigenvalue weighted by Crippen LogP contribution is -2.24. The zero-order chi connectivity index (χ0) is 20.1. The van der Waals surface area contributed by atoms with E-state index < -0.39 is 17.4 Å². The van der Waals surface area contributed by atoms with E-state index in [0.29, 0.717) is 0 Å². The van der Waals surface area contributed by atoms with Crippen LogP contribution in [-0.4, -0.2) is 32.6 Å². The largest absolute Gasteiger partial charge is 0.434 e. The first kappa shape index (κ1) is 18.9. The minimum absolute atomic E-state index is 0.0720. The van der Waals surface area contributed by atoms with Crippen molar-refractivity contribution in [2.75, 3.05) is 0 Å². The Balaban J connectivity index is 1.72. The van der Waals surface area contributed by atoms with Crippen molar-refractivity contribution in [2.24, 2.45) is 0 Å². The lowest BCUT2D eigenvalue weighted by molar-refractivity contribution is -0.384. The van der Waals surface area contributed by atoms with Crippen molar-refractivity contribution in [3.63, 3.8) is 0 Å². The molecular weight excluding hydrogens is 376 g/mol. The van der Waals surface area contributed by atoms with Gasteiger partial charge in [-0.25, -0.2) is 4.98 Å². The van der Waals surface area contributed by atoms with E-state index in [1.807, 2.05) is 0 Å². The summed E-state index contributed by atoms with van der Waals surface area (Å²) in [5.41, 5.74) is 0.0258. The molecule has 0 aliphatic carbocycles. The monoisotopic (exact) mass is 389 g/mol. The van der Waals surface area contributed by atoms with Crippen molar-refractivity contribution in [1.29, 1.82) is 0 Å². The molecule has 0 saturated carbocycles. The number of hydrogen-bond acceptors (Lipinski definition) is 6. The number of nitrogens with zero attached hydrogens (tertiary/aromatic N) is 3. The second kappa shape index (κ2) is 8.20. The molecule has 0 aliphatic rings. The maximum Gasteiger partial charge on any atom is 0.387 e. The summed E-state index contributed by atoms with van der Waals surface area (Å²) in [5, 5.41) is 20.1. The number of nitrogens with one attached hydrogen (secondary N) is 2. The Bertz CT molecular complexity index is 1010. The van der Waals surface area contributed by atoms with E-state index in [1.165, 1.54) is 42.5 Å². The number of ether oxygens (including phenoxy) is 1. The number of alkyl halides is 2. The van der Waals surface area contributed by atoms with Crippen LogP contribution in [0.3, 0.4) is 0 Å². The number of carbonyl (C=O) groups excluding carboxylic acids is 1. The lowest BCUT2D eigenvalue weighted by Gasteiger charge is -2.10. The molecule has 1 aromatic heterocycles. The van der Waals surface area contributed by atoms with Crippen LogP contribution in [0.2, 0.25) is 0 Å². The second-order valence-electron chi connectivity index (χ2n) is 5.43. The number of H-pyrrole nitrogens is 1. The van der Waals surface area contributed by atoms with Crippen molar-refractivity contribution in [2.45, 2.75) is 13.2 Å². The van der Waals surface area contributed by atoms with Gasteiger partial charge in [0, 0.05) is 6.07 Å². The highest BCUT2D eigenvalue weighted by atomic mass is 19.3. The summed E-state index contributed by atoms with van der Waals surface area (Å²) >= 11 is 0. The minimum Gasteiger partial charge on any atom is -0.434 e. The SMILES string of the molecule is O=C(NCc1n[nH]c(-c2ccccc2[N+](=O)[O-])n1)c1ccccc1OC(F)F. The number of nitro benzene ring substituents is 1. The van der Waals surface area contributed by atoms with Crippen LogP contribution in [0.5, 0.6) is 5.75 Å². The molecule has 3 aromatic rings. The van der Waals surface area contributed by atoms with Gasteiger partial charge in [-0.2, -0.15) is 13.9 Å². The van der Waals surface area contributed by atoms with Gasteiger partial charge in [0.15, 0.2) is 11.6 Å². The van der Waals surface area contributed by atoms with Crippen LogP contribution in [0, 0.1) is 10.1 Å². The van der Waals surface area contributed by atoms with Gasteiger partial charge in [-0.05, 0) is 18.2 Å². The summed E-state index contributed by atoms with van der Waals surface area (Å²) < 4.78 is 29.2. The van der Waals surface area contributed by atoms with E-state index in [-0.39, 0.29) is 40.8 Å². The highest BCUT2D eigenvalue weighted by Crippen LogP contribution is 2.26. The molecule has 28 heavy (non-hydrogen) atoms. The Morgan fingerprint density at radius 3 is 2.68 bits per heavy atom. The third-order valence-electron chi connectivity index (χ3n) is 3.64. The maximum absolute atomic E-state index is 12.4. The predicted octanol–water partition coefficient (Wildman–Crippen LogP) is 2.91.